The minimum absolute atomic E-state index is 0.159. The van der Waals surface area contributed by atoms with Crippen molar-refractivity contribution in [3.63, 3.8) is 0 Å². The zero-order valence-corrected chi connectivity index (χ0v) is 12.7. The number of amides is 2. The Kier molecular flexibility index (Phi) is 4.18. The highest BCUT2D eigenvalue weighted by Crippen LogP contribution is 2.28. The van der Waals surface area contributed by atoms with Crippen LogP contribution in [0.5, 0.6) is 11.5 Å². The highest BCUT2D eigenvalue weighted by atomic mass is 16.5. The van der Waals surface area contributed by atoms with E-state index in [0.29, 0.717) is 11.5 Å². The quantitative estimate of drug-likeness (QED) is 0.837. The highest BCUT2D eigenvalue weighted by Gasteiger charge is 2.39. The summed E-state index contributed by atoms with van der Waals surface area (Å²) in [5.74, 6) is 0.728. The van der Waals surface area contributed by atoms with E-state index in [1.807, 2.05) is 6.07 Å². The normalized spacial score (nSPS) is 17.8. The number of carbonyl (C=O) groups excluding carboxylic acids is 2. The summed E-state index contributed by atoms with van der Waals surface area (Å²) in [5.41, 5.74) is 0.0804. The molecule has 2 rings (SSSR count). The number of ether oxygens (including phenoxy) is 2. The maximum atomic E-state index is 12.3. The first kappa shape index (κ1) is 15.3. The average Bonchev–Trinajstić information content (AvgIpc) is 2.48. The molecule has 1 aliphatic heterocycles. The number of imide groups is 1. The van der Waals surface area contributed by atoms with Crippen LogP contribution in [-0.4, -0.2) is 43.0 Å². The molecular weight excluding hydrogens is 272 g/mol. The molecule has 1 heterocycles. The van der Waals surface area contributed by atoms with E-state index in [1.54, 1.807) is 40.2 Å². The van der Waals surface area contributed by atoms with Crippen LogP contribution in [0.2, 0.25) is 0 Å². The van der Waals surface area contributed by atoms with Gasteiger partial charge in [-0.05, 0) is 31.5 Å². The van der Waals surface area contributed by atoms with Crippen molar-refractivity contribution in [3.8, 4) is 11.5 Å². The number of hydrogen-bond acceptors (Lipinski definition) is 5. The number of benzene rings is 1. The molecule has 1 aliphatic rings. The second kappa shape index (κ2) is 5.73. The molecule has 0 atom stereocenters. The van der Waals surface area contributed by atoms with Crippen LogP contribution in [0.15, 0.2) is 18.2 Å². The molecule has 0 aromatic heterocycles. The molecule has 0 unspecified atom stereocenters. The Hall–Kier alpha value is -2.08. The Morgan fingerprint density at radius 1 is 1.19 bits per heavy atom. The maximum absolute atomic E-state index is 12.3. The molecule has 1 N–H and O–H groups in total. The second-order valence-electron chi connectivity index (χ2n) is 5.45. The van der Waals surface area contributed by atoms with Gasteiger partial charge in [0.2, 0.25) is 11.8 Å². The summed E-state index contributed by atoms with van der Waals surface area (Å²) in [6, 6.07) is 5.35. The van der Waals surface area contributed by atoms with E-state index in [0.717, 1.165) is 5.56 Å². The zero-order valence-electron chi connectivity index (χ0n) is 12.7. The Labute approximate surface area is 124 Å². The molecule has 1 aromatic carbocycles. The van der Waals surface area contributed by atoms with Crippen molar-refractivity contribution in [2.24, 2.45) is 0 Å². The molecule has 1 fully saturated rings. The van der Waals surface area contributed by atoms with Crippen LogP contribution in [-0.2, 0) is 16.1 Å². The predicted octanol–water partition coefficient (Wildman–Crippen LogP) is 0.941. The Morgan fingerprint density at radius 2 is 1.86 bits per heavy atom. The third-order valence-electron chi connectivity index (χ3n) is 3.55. The lowest BCUT2D eigenvalue weighted by molar-refractivity contribution is -0.153. The molecule has 0 aliphatic carbocycles. The van der Waals surface area contributed by atoms with Crippen molar-refractivity contribution in [2.75, 3.05) is 20.8 Å². The van der Waals surface area contributed by atoms with Crippen molar-refractivity contribution in [2.45, 2.75) is 25.9 Å². The summed E-state index contributed by atoms with van der Waals surface area (Å²) in [7, 11) is 3.11. The first-order valence-electron chi connectivity index (χ1n) is 6.70. The van der Waals surface area contributed by atoms with Gasteiger partial charge in [-0.1, -0.05) is 6.07 Å². The fraction of sp³-hybridized carbons (Fsp3) is 0.467. The lowest BCUT2D eigenvalue weighted by atomic mass is 10.00. The fourth-order valence-corrected chi connectivity index (χ4v) is 2.24. The van der Waals surface area contributed by atoms with Gasteiger partial charge in [-0.15, -0.1) is 0 Å². The van der Waals surface area contributed by atoms with Crippen LogP contribution >= 0.6 is 0 Å². The Bertz CT molecular complexity index is 569. The number of nitrogens with one attached hydrogen (secondary N) is 1. The van der Waals surface area contributed by atoms with Gasteiger partial charge in [0.05, 0.1) is 32.8 Å². The largest absolute Gasteiger partial charge is 0.493 e. The second-order valence-corrected chi connectivity index (χ2v) is 5.45. The van der Waals surface area contributed by atoms with Crippen molar-refractivity contribution in [3.05, 3.63) is 23.8 Å². The van der Waals surface area contributed by atoms with Crippen LogP contribution in [0.4, 0.5) is 0 Å². The average molecular weight is 292 g/mol. The van der Waals surface area contributed by atoms with Crippen molar-refractivity contribution in [1.29, 1.82) is 0 Å². The molecule has 21 heavy (non-hydrogen) atoms. The smallest absolute Gasteiger partial charge is 0.249 e. The van der Waals surface area contributed by atoms with Crippen LogP contribution in [0.1, 0.15) is 19.4 Å². The lowest BCUT2D eigenvalue weighted by Gasteiger charge is -2.36. The Morgan fingerprint density at radius 3 is 2.48 bits per heavy atom. The fourth-order valence-electron chi connectivity index (χ4n) is 2.24. The monoisotopic (exact) mass is 292 g/mol. The molecular formula is C15H20N2O4. The van der Waals surface area contributed by atoms with Crippen molar-refractivity contribution in [1.82, 2.24) is 10.2 Å². The maximum Gasteiger partial charge on any atom is 0.249 e. The van der Waals surface area contributed by atoms with Gasteiger partial charge in [0, 0.05) is 0 Å². The summed E-state index contributed by atoms with van der Waals surface area (Å²) in [6.45, 7) is 3.92. The number of nitrogens with zero attached hydrogens (tertiary/aromatic N) is 1. The van der Waals surface area contributed by atoms with Gasteiger partial charge in [0.15, 0.2) is 11.5 Å². The molecule has 1 aromatic rings. The van der Waals surface area contributed by atoms with E-state index < -0.39 is 5.54 Å². The van der Waals surface area contributed by atoms with E-state index in [2.05, 4.69) is 5.32 Å². The van der Waals surface area contributed by atoms with Gasteiger partial charge in [0.1, 0.15) is 0 Å². The summed E-state index contributed by atoms with van der Waals surface area (Å²) >= 11 is 0. The van der Waals surface area contributed by atoms with Gasteiger partial charge >= 0.3 is 0 Å². The van der Waals surface area contributed by atoms with Crippen LogP contribution in [0, 0.1) is 0 Å². The third kappa shape index (κ3) is 3.00. The number of methoxy groups -OCH3 is 2. The number of carbonyl (C=O) groups is 2. The minimum Gasteiger partial charge on any atom is -0.493 e. The number of rotatable bonds is 4. The minimum atomic E-state index is -0.732. The SMILES string of the molecule is COc1ccc(CN2C(=O)CNC(C)(C)C2=O)cc1OC. The lowest BCUT2D eigenvalue weighted by Crippen LogP contribution is -2.63. The van der Waals surface area contributed by atoms with E-state index >= 15 is 0 Å². The van der Waals surface area contributed by atoms with E-state index in [-0.39, 0.29) is 24.9 Å². The van der Waals surface area contributed by atoms with Gasteiger partial charge in [-0.25, -0.2) is 0 Å². The van der Waals surface area contributed by atoms with Gasteiger partial charge in [0.25, 0.3) is 0 Å². The summed E-state index contributed by atoms with van der Waals surface area (Å²) < 4.78 is 10.4. The van der Waals surface area contributed by atoms with Crippen molar-refractivity contribution >= 4 is 11.8 Å². The molecule has 1 saturated heterocycles. The zero-order chi connectivity index (χ0) is 15.6. The molecule has 0 radical (unpaired) electrons. The predicted molar refractivity (Wildman–Crippen MR) is 77.2 cm³/mol. The van der Waals surface area contributed by atoms with Gasteiger partial charge in [-0.2, -0.15) is 0 Å². The number of piperazine rings is 1. The van der Waals surface area contributed by atoms with E-state index in [1.165, 1.54) is 4.90 Å². The Balaban J connectivity index is 2.24. The van der Waals surface area contributed by atoms with E-state index in [4.69, 9.17) is 9.47 Å². The molecule has 0 saturated carbocycles. The highest BCUT2D eigenvalue weighted by molar-refractivity contribution is 6.02. The van der Waals surface area contributed by atoms with Crippen LogP contribution in [0.3, 0.4) is 0 Å². The summed E-state index contributed by atoms with van der Waals surface area (Å²) in [4.78, 5) is 25.6. The molecule has 114 valence electrons. The van der Waals surface area contributed by atoms with Crippen LogP contribution in [0.25, 0.3) is 0 Å². The van der Waals surface area contributed by atoms with Crippen molar-refractivity contribution < 1.29 is 19.1 Å². The molecule has 0 bridgehead atoms. The first-order chi connectivity index (χ1) is 9.89. The standard InChI is InChI=1S/C15H20N2O4/c1-15(2)14(19)17(13(18)8-16-15)9-10-5-6-11(20-3)12(7-10)21-4/h5-7,16H,8-9H2,1-4H3. The molecule has 6 nitrogen and oxygen atoms in total. The summed E-state index contributed by atoms with van der Waals surface area (Å²) in [6.07, 6.45) is 0. The van der Waals surface area contributed by atoms with Crippen LogP contribution < -0.4 is 14.8 Å². The van der Waals surface area contributed by atoms with E-state index in [9.17, 15) is 9.59 Å². The molecule has 6 heteroatoms. The summed E-state index contributed by atoms with van der Waals surface area (Å²) in [5, 5.41) is 2.93. The molecule has 2 amide bonds. The van der Waals surface area contributed by atoms with Gasteiger partial charge in [-0.3, -0.25) is 19.8 Å². The number of hydrogen-bond donors (Lipinski definition) is 1. The van der Waals surface area contributed by atoms with Gasteiger partial charge < -0.3 is 9.47 Å². The first-order valence-corrected chi connectivity index (χ1v) is 6.70. The molecule has 0 spiro atoms. The topological polar surface area (TPSA) is 67.9 Å². The third-order valence-corrected chi connectivity index (χ3v) is 3.55.